The molecular weight excluding hydrogens is 238 g/mol. The van der Waals surface area contributed by atoms with Crippen LogP contribution >= 0.6 is 0 Å². The van der Waals surface area contributed by atoms with E-state index in [1.54, 1.807) is 12.1 Å². The van der Waals surface area contributed by atoms with Gasteiger partial charge in [0.05, 0.1) is 17.4 Å². The maximum atomic E-state index is 11.4. The summed E-state index contributed by atoms with van der Waals surface area (Å²) < 4.78 is 0. The average molecular weight is 249 g/mol. The van der Waals surface area contributed by atoms with Crippen molar-refractivity contribution in [3.8, 4) is 0 Å². The molecule has 1 N–H and O–H groups in total. The van der Waals surface area contributed by atoms with Gasteiger partial charge in [-0.05, 0) is 5.56 Å². The highest BCUT2D eigenvalue weighted by Gasteiger charge is 2.33. The molecule has 1 heterocycles. The molecule has 1 atom stereocenters. The first-order valence-corrected chi connectivity index (χ1v) is 5.32. The number of nitrogens with one attached hydrogen (secondary N) is 1. The lowest BCUT2D eigenvalue weighted by Gasteiger charge is -2.21. The quantitative estimate of drug-likeness (QED) is 0.623. The standard InChI is InChI=1S/C11H11N3O4/c1-7(15)13-10(6-11(16)12-13)8-2-4-9(5-3-8)14(17)18/h2-5,10H,6H2,1H3,(H,12,16). The average Bonchev–Trinajstić information content (AvgIpc) is 2.71. The number of nitrogens with zero attached hydrogens (tertiary/aromatic N) is 2. The van der Waals surface area contributed by atoms with Crippen LogP contribution in [0, 0.1) is 10.1 Å². The summed E-state index contributed by atoms with van der Waals surface area (Å²) in [4.78, 5) is 32.7. The van der Waals surface area contributed by atoms with E-state index in [1.165, 1.54) is 24.1 Å². The van der Waals surface area contributed by atoms with Gasteiger partial charge in [0.1, 0.15) is 0 Å². The Morgan fingerprint density at radius 2 is 2.06 bits per heavy atom. The summed E-state index contributed by atoms with van der Waals surface area (Å²) in [5, 5.41) is 11.8. The first kappa shape index (κ1) is 12.0. The maximum absolute atomic E-state index is 11.4. The van der Waals surface area contributed by atoms with Crippen LogP contribution in [-0.4, -0.2) is 21.7 Å². The molecule has 0 bridgehead atoms. The summed E-state index contributed by atoms with van der Waals surface area (Å²) in [6.07, 6.45) is 0.164. The fourth-order valence-corrected chi connectivity index (χ4v) is 1.91. The number of benzene rings is 1. The monoisotopic (exact) mass is 249 g/mol. The van der Waals surface area contributed by atoms with Crippen LogP contribution in [0.1, 0.15) is 24.9 Å². The van der Waals surface area contributed by atoms with Crippen molar-refractivity contribution in [2.24, 2.45) is 0 Å². The zero-order valence-corrected chi connectivity index (χ0v) is 9.62. The molecule has 1 fully saturated rings. The Labute approximate surface area is 103 Å². The van der Waals surface area contributed by atoms with Gasteiger partial charge < -0.3 is 0 Å². The Morgan fingerprint density at radius 1 is 1.44 bits per heavy atom. The molecule has 1 aromatic rings. The molecule has 7 nitrogen and oxygen atoms in total. The van der Waals surface area contributed by atoms with Crippen LogP contribution in [0.25, 0.3) is 0 Å². The van der Waals surface area contributed by atoms with Crippen LogP contribution in [0.5, 0.6) is 0 Å². The maximum Gasteiger partial charge on any atom is 0.269 e. The molecule has 0 aromatic heterocycles. The molecule has 0 aliphatic carbocycles. The number of carbonyl (C=O) groups is 2. The van der Waals surface area contributed by atoms with Gasteiger partial charge in [-0.15, -0.1) is 0 Å². The van der Waals surface area contributed by atoms with Gasteiger partial charge in [-0.2, -0.15) is 0 Å². The zero-order chi connectivity index (χ0) is 13.3. The van der Waals surface area contributed by atoms with Gasteiger partial charge in [-0.1, -0.05) is 12.1 Å². The predicted molar refractivity (Wildman–Crippen MR) is 61.1 cm³/mol. The van der Waals surface area contributed by atoms with Crippen molar-refractivity contribution in [3.05, 3.63) is 39.9 Å². The second-order valence-corrected chi connectivity index (χ2v) is 3.99. The van der Waals surface area contributed by atoms with Gasteiger partial charge in [-0.3, -0.25) is 25.1 Å². The molecule has 0 saturated carbocycles. The minimum atomic E-state index is -0.495. The SMILES string of the molecule is CC(=O)N1NC(=O)CC1c1ccc([N+](=O)[O-])cc1. The Morgan fingerprint density at radius 3 is 2.56 bits per heavy atom. The first-order chi connectivity index (χ1) is 8.49. The highest BCUT2D eigenvalue weighted by Crippen LogP contribution is 2.28. The summed E-state index contributed by atoms with van der Waals surface area (Å²) in [5.41, 5.74) is 3.12. The van der Waals surface area contributed by atoms with Gasteiger partial charge in [0.2, 0.25) is 11.8 Å². The summed E-state index contributed by atoms with van der Waals surface area (Å²) in [7, 11) is 0. The van der Waals surface area contributed by atoms with E-state index >= 15 is 0 Å². The van der Waals surface area contributed by atoms with E-state index in [0.717, 1.165) is 0 Å². The van der Waals surface area contributed by atoms with E-state index in [-0.39, 0.29) is 23.9 Å². The molecule has 1 aliphatic heterocycles. The molecule has 1 aromatic carbocycles. The second-order valence-electron chi connectivity index (χ2n) is 3.99. The highest BCUT2D eigenvalue weighted by atomic mass is 16.6. The van der Waals surface area contributed by atoms with Gasteiger partial charge in [0.25, 0.3) is 5.69 Å². The molecule has 2 amide bonds. The predicted octanol–water partition coefficient (Wildman–Crippen LogP) is 0.919. The minimum Gasteiger partial charge on any atom is -0.273 e. The molecule has 7 heteroatoms. The number of non-ortho nitro benzene ring substituents is 1. The van der Waals surface area contributed by atoms with Gasteiger partial charge in [0, 0.05) is 19.1 Å². The second kappa shape index (κ2) is 4.44. The Balaban J connectivity index is 2.27. The molecule has 2 rings (SSSR count). The number of hydrogen-bond acceptors (Lipinski definition) is 4. The van der Waals surface area contributed by atoms with Crippen LogP contribution in [0.15, 0.2) is 24.3 Å². The smallest absolute Gasteiger partial charge is 0.269 e. The number of amides is 2. The first-order valence-electron chi connectivity index (χ1n) is 5.32. The number of nitro groups is 1. The lowest BCUT2D eigenvalue weighted by molar-refractivity contribution is -0.384. The van der Waals surface area contributed by atoms with Gasteiger partial charge in [0.15, 0.2) is 0 Å². The van der Waals surface area contributed by atoms with Crippen LogP contribution < -0.4 is 5.43 Å². The van der Waals surface area contributed by atoms with Crippen molar-refractivity contribution in [3.63, 3.8) is 0 Å². The van der Waals surface area contributed by atoms with Crippen LogP contribution in [0.2, 0.25) is 0 Å². The number of carbonyl (C=O) groups excluding carboxylic acids is 2. The van der Waals surface area contributed by atoms with E-state index in [9.17, 15) is 19.7 Å². The molecule has 1 unspecified atom stereocenters. The number of nitro benzene ring substituents is 1. The zero-order valence-electron chi connectivity index (χ0n) is 9.62. The number of hydrogen-bond donors (Lipinski definition) is 1. The third-order valence-corrected chi connectivity index (χ3v) is 2.76. The van der Waals surface area contributed by atoms with Crippen LogP contribution in [0.3, 0.4) is 0 Å². The third-order valence-electron chi connectivity index (χ3n) is 2.76. The Bertz CT molecular complexity index is 512. The summed E-state index contributed by atoms with van der Waals surface area (Å²) >= 11 is 0. The van der Waals surface area contributed by atoms with Crippen LogP contribution in [0.4, 0.5) is 5.69 Å². The van der Waals surface area contributed by atoms with Crippen molar-refractivity contribution < 1.29 is 14.5 Å². The summed E-state index contributed by atoms with van der Waals surface area (Å²) in [5.74, 6) is -0.516. The Hall–Kier alpha value is -2.44. The fourth-order valence-electron chi connectivity index (χ4n) is 1.91. The van der Waals surface area contributed by atoms with E-state index in [1.807, 2.05) is 0 Å². The molecule has 18 heavy (non-hydrogen) atoms. The van der Waals surface area contributed by atoms with E-state index < -0.39 is 11.0 Å². The van der Waals surface area contributed by atoms with E-state index in [2.05, 4.69) is 5.43 Å². The van der Waals surface area contributed by atoms with E-state index in [0.29, 0.717) is 5.56 Å². The number of hydrazine groups is 1. The number of rotatable bonds is 2. The molecule has 0 radical (unpaired) electrons. The molecule has 94 valence electrons. The van der Waals surface area contributed by atoms with E-state index in [4.69, 9.17) is 0 Å². The topological polar surface area (TPSA) is 92.6 Å². The largest absolute Gasteiger partial charge is 0.273 e. The highest BCUT2D eigenvalue weighted by molar-refractivity contribution is 5.85. The Kier molecular flexibility index (Phi) is 2.97. The molecule has 1 saturated heterocycles. The van der Waals surface area contributed by atoms with Gasteiger partial charge in [-0.25, -0.2) is 5.01 Å². The minimum absolute atomic E-state index is 0.0228. The van der Waals surface area contributed by atoms with Crippen molar-refractivity contribution in [2.75, 3.05) is 0 Å². The summed E-state index contributed by atoms with van der Waals surface area (Å²) in [6, 6.07) is 5.42. The molecule has 1 aliphatic rings. The van der Waals surface area contributed by atoms with Gasteiger partial charge >= 0.3 is 0 Å². The molecule has 0 spiro atoms. The third kappa shape index (κ3) is 2.15. The van der Waals surface area contributed by atoms with Crippen molar-refractivity contribution in [1.29, 1.82) is 0 Å². The normalized spacial score (nSPS) is 18.6. The van der Waals surface area contributed by atoms with Crippen LogP contribution in [-0.2, 0) is 9.59 Å². The lowest BCUT2D eigenvalue weighted by atomic mass is 10.0. The molecular formula is C11H11N3O4. The lowest BCUT2D eigenvalue weighted by Crippen LogP contribution is -2.38. The van der Waals surface area contributed by atoms with Crippen molar-refractivity contribution >= 4 is 17.5 Å². The summed E-state index contributed by atoms with van der Waals surface area (Å²) in [6.45, 7) is 1.35. The van der Waals surface area contributed by atoms with Crippen molar-refractivity contribution in [2.45, 2.75) is 19.4 Å². The fraction of sp³-hybridized carbons (Fsp3) is 0.273. The van der Waals surface area contributed by atoms with Crippen molar-refractivity contribution in [1.82, 2.24) is 10.4 Å².